The van der Waals surface area contributed by atoms with Crippen LogP contribution in [0.4, 0.5) is 0 Å². The summed E-state index contributed by atoms with van der Waals surface area (Å²) in [6, 6.07) is 0. The van der Waals surface area contributed by atoms with Crippen LogP contribution >= 0.6 is 0 Å². The number of carbonyl (C=O) groups is 2. The predicted molar refractivity (Wildman–Crippen MR) is 113 cm³/mol. The molecule has 7 heteroatoms. The van der Waals surface area contributed by atoms with E-state index in [2.05, 4.69) is 0 Å². The molecule has 176 valence electrons. The highest BCUT2D eigenvalue weighted by molar-refractivity contribution is 5.83. The van der Waals surface area contributed by atoms with Crippen LogP contribution in [-0.2, 0) is 14.3 Å². The highest BCUT2D eigenvalue weighted by Gasteiger charge is 2.42. The van der Waals surface area contributed by atoms with Crippen LogP contribution in [0.2, 0.25) is 0 Å². The molecule has 1 heterocycles. The Morgan fingerprint density at radius 2 is 1.33 bits per heavy atom. The smallest absolute Gasteiger partial charge is 0.311 e. The normalized spacial score (nSPS) is 44.7. The van der Waals surface area contributed by atoms with E-state index in [0.717, 1.165) is 0 Å². The number of hydrogen-bond donors (Lipinski definition) is 4. The number of aliphatic hydroxyl groups excluding tert-OH is 4. The molecule has 1 aliphatic heterocycles. The summed E-state index contributed by atoms with van der Waals surface area (Å²) >= 11 is 0. The van der Waals surface area contributed by atoms with Crippen molar-refractivity contribution in [2.75, 3.05) is 0 Å². The number of ether oxygens (including phenoxy) is 1. The van der Waals surface area contributed by atoms with Crippen LogP contribution in [0, 0.1) is 41.4 Å². The van der Waals surface area contributed by atoms with Gasteiger partial charge in [-0.05, 0) is 26.2 Å². The Morgan fingerprint density at radius 3 is 1.83 bits per heavy atom. The van der Waals surface area contributed by atoms with E-state index in [1.807, 2.05) is 6.92 Å². The van der Waals surface area contributed by atoms with Crippen molar-refractivity contribution in [3.63, 3.8) is 0 Å². The van der Waals surface area contributed by atoms with Gasteiger partial charge in [-0.15, -0.1) is 0 Å². The first-order valence-corrected chi connectivity index (χ1v) is 11.2. The van der Waals surface area contributed by atoms with Gasteiger partial charge in [-0.1, -0.05) is 41.5 Å². The Bertz CT molecular complexity index is 578. The number of Topliss-reactive ketones (excluding diaryl/α,β-unsaturated/α-hetero) is 1. The van der Waals surface area contributed by atoms with Crippen LogP contribution in [0.15, 0.2) is 0 Å². The van der Waals surface area contributed by atoms with Crippen LogP contribution < -0.4 is 0 Å². The molecule has 1 rings (SSSR count). The summed E-state index contributed by atoms with van der Waals surface area (Å²) < 4.78 is 5.69. The Hall–Kier alpha value is -1.02. The number of carbonyl (C=O) groups excluding carboxylic acids is 2. The van der Waals surface area contributed by atoms with Crippen molar-refractivity contribution in [1.29, 1.82) is 0 Å². The molecular formula is C23H42O7. The maximum Gasteiger partial charge on any atom is 0.311 e. The van der Waals surface area contributed by atoms with Crippen molar-refractivity contribution in [1.82, 2.24) is 0 Å². The summed E-state index contributed by atoms with van der Waals surface area (Å²) in [6.45, 7) is 13.5. The molecule has 7 nitrogen and oxygen atoms in total. The fourth-order valence-electron chi connectivity index (χ4n) is 4.60. The van der Waals surface area contributed by atoms with Crippen molar-refractivity contribution >= 4 is 11.8 Å². The number of hydrogen-bond acceptors (Lipinski definition) is 7. The maximum atomic E-state index is 12.9. The van der Waals surface area contributed by atoms with E-state index < -0.39 is 66.1 Å². The summed E-state index contributed by atoms with van der Waals surface area (Å²) in [5, 5.41) is 42.4. The molecule has 0 saturated carbocycles. The molecule has 0 bridgehead atoms. The molecule has 2 unspecified atom stereocenters. The predicted octanol–water partition coefficient (Wildman–Crippen LogP) is 1.79. The van der Waals surface area contributed by atoms with Crippen molar-refractivity contribution in [3.8, 4) is 0 Å². The van der Waals surface area contributed by atoms with E-state index in [1.54, 1.807) is 48.5 Å². The highest BCUT2D eigenvalue weighted by atomic mass is 16.5. The summed E-state index contributed by atoms with van der Waals surface area (Å²) in [7, 11) is 0. The molecule has 0 aliphatic carbocycles. The fraction of sp³-hybridized carbons (Fsp3) is 0.913. The molecular weight excluding hydrogens is 388 g/mol. The van der Waals surface area contributed by atoms with Gasteiger partial charge in [0.15, 0.2) is 0 Å². The van der Waals surface area contributed by atoms with Gasteiger partial charge in [0.2, 0.25) is 0 Å². The van der Waals surface area contributed by atoms with Crippen LogP contribution in [0.25, 0.3) is 0 Å². The third-order valence-electron chi connectivity index (χ3n) is 7.30. The van der Waals surface area contributed by atoms with Gasteiger partial charge in [-0.2, -0.15) is 0 Å². The minimum Gasteiger partial charge on any atom is -0.461 e. The summed E-state index contributed by atoms with van der Waals surface area (Å²) in [4.78, 5) is 25.8. The van der Waals surface area contributed by atoms with Gasteiger partial charge in [0, 0.05) is 29.6 Å². The van der Waals surface area contributed by atoms with Gasteiger partial charge < -0.3 is 25.2 Å². The van der Waals surface area contributed by atoms with Crippen molar-refractivity contribution < 1.29 is 34.8 Å². The summed E-state index contributed by atoms with van der Waals surface area (Å²) in [5.74, 6) is -4.70. The van der Waals surface area contributed by atoms with E-state index in [1.165, 1.54) is 0 Å². The monoisotopic (exact) mass is 430 g/mol. The van der Waals surface area contributed by atoms with Crippen LogP contribution in [0.3, 0.4) is 0 Å². The molecule has 0 aromatic heterocycles. The van der Waals surface area contributed by atoms with E-state index >= 15 is 0 Å². The number of cyclic esters (lactones) is 1. The Morgan fingerprint density at radius 1 is 0.833 bits per heavy atom. The highest BCUT2D eigenvalue weighted by Crippen LogP contribution is 2.32. The fourth-order valence-corrected chi connectivity index (χ4v) is 4.60. The Kier molecular flexibility index (Phi) is 9.93. The van der Waals surface area contributed by atoms with Crippen LogP contribution in [0.5, 0.6) is 0 Å². The van der Waals surface area contributed by atoms with E-state index in [4.69, 9.17) is 4.74 Å². The average molecular weight is 431 g/mol. The second-order valence-corrected chi connectivity index (χ2v) is 9.78. The van der Waals surface area contributed by atoms with Crippen molar-refractivity contribution in [3.05, 3.63) is 0 Å². The second kappa shape index (κ2) is 11.0. The topological polar surface area (TPSA) is 124 Å². The molecule has 1 saturated heterocycles. The summed E-state index contributed by atoms with van der Waals surface area (Å²) in [6.07, 6.45) is -4.33. The largest absolute Gasteiger partial charge is 0.461 e. The lowest BCUT2D eigenvalue weighted by molar-refractivity contribution is -0.172. The first-order valence-electron chi connectivity index (χ1n) is 11.2. The molecule has 4 N–H and O–H groups in total. The first-order chi connectivity index (χ1) is 13.7. The third kappa shape index (κ3) is 6.02. The standard InChI is InChI=1S/C23H42O7/c1-10-9-11(2)19(26)14(5)21(28)16(7)23(29)30-22(12(3)17(8)24)15(6)20(27)13(4)18(10)25/h10-17,19-22,24,26-28H,9H2,1-8H3/t10-,11+,12?,13+,14-,15-,16-,17?,19+,20-,21+,22-/m1/s1. The van der Waals surface area contributed by atoms with Crippen molar-refractivity contribution in [2.45, 2.75) is 92.3 Å². The third-order valence-corrected chi connectivity index (χ3v) is 7.30. The molecule has 0 spiro atoms. The van der Waals surface area contributed by atoms with E-state index in [-0.39, 0.29) is 17.6 Å². The van der Waals surface area contributed by atoms with Gasteiger partial charge in [0.25, 0.3) is 0 Å². The molecule has 0 aromatic carbocycles. The van der Waals surface area contributed by atoms with Crippen molar-refractivity contribution in [2.24, 2.45) is 41.4 Å². The molecule has 1 fully saturated rings. The zero-order valence-electron chi connectivity index (χ0n) is 19.6. The number of esters is 1. The van der Waals surface area contributed by atoms with Gasteiger partial charge in [0.1, 0.15) is 11.9 Å². The molecule has 0 aromatic rings. The molecule has 0 radical (unpaired) electrons. The number of rotatable bonds is 2. The number of ketones is 1. The van der Waals surface area contributed by atoms with Gasteiger partial charge in [-0.3, -0.25) is 9.59 Å². The molecule has 30 heavy (non-hydrogen) atoms. The number of aliphatic hydroxyl groups is 4. The maximum absolute atomic E-state index is 12.9. The first kappa shape index (κ1) is 27.0. The second-order valence-electron chi connectivity index (χ2n) is 9.78. The quantitative estimate of drug-likeness (QED) is 0.492. The van der Waals surface area contributed by atoms with Crippen LogP contribution in [0.1, 0.15) is 61.8 Å². The lowest BCUT2D eigenvalue weighted by atomic mass is 9.76. The van der Waals surface area contributed by atoms with Gasteiger partial charge >= 0.3 is 5.97 Å². The van der Waals surface area contributed by atoms with E-state index in [9.17, 15) is 30.0 Å². The zero-order chi connectivity index (χ0) is 23.5. The Labute approximate surface area is 180 Å². The lowest BCUT2D eigenvalue weighted by Crippen LogP contribution is -2.48. The minimum atomic E-state index is -1.13. The lowest BCUT2D eigenvalue weighted by Gasteiger charge is -2.38. The van der Waals surface area contributed by atoms with E-state index in [0.29, 0.717) is 6.42 Å². The van der Waals surface area contributed by atoms with Gasteiger partial charge in [0.05, 0.1) is 30.3 Å². The molecule has 0 amide bonds. The molecule has 12 atom stereocenters. The van der Waals surface area contributed by atoms with Crippen LogP contribution in [-0.4, -0.2) is 62.7 Å². The average Bonchev–Trinajstić information content (AvgIpc) is 2.71. The van der Waals surface area contributed by atoms with Gasteiger partial charge in [-0.25, -0.2) is 0 Å². The zero-order valence-corrected chi connectivity index (χ0v) is 19.6. The SMILES string of the molecule is CC(O)C(C)[C@H]1OC(=O)[C@H](C)[C@@H](O)[C@H](C)[C@@H](O)[C@@H](C)C[C@@H](C)C(=O)[C@H](C)[C@@H](O)[C@H]1C. The summed E-state index contributed by atoms with van der Waals surface area (Å²) in [5.41, 5.74) is 0. The Balaban J connectivity index is 3.37. The molecule has 1 aliphatic rings. The minimum absolute atomic E-state index is 0.123.